The number of piperazine rings is 1. The van der Waals surface area contributed by atoms with Crippen LogP contribution in [0.1, 0.15) is 26.5 Å². The van der Waals surface area contributed by atoms with Gasteiger partial charge >= 0.3 is 13.2 Å². The Kier molecular flexibility index (Phi) is 4.98. The Bertz CT molecular complexity index is 536. The number of carbonyl (C=O) groups excluding carboxylic acids is 1. The standard InChI is InChI=1S/C13H22BN3O4S/c1-9-10(14(19)20)22-11(15-9)16-5-7-17(8-6-16)12(18)21-13(2,3)4/h19-20H,5-8H2,1-4H3. The van der Waals surface area contributed by atoms with Crippen LogP contribution >= 0.6 is 11.3 Å². The number of hydrogen-bond acceptors (Lipinski definition) is 7. The van der Waals surface area contributed by atoms with E-state index in [4.69, 9.17) is 4.74 Å². The van der Waals surface area contributed by atoms with Gasteiger partial charge in [-0.15, -0.1) is 11.3 Å². The summed E-state index contributed by atoms with van der Waals surface area (Å²) in [5.74, 6) is 0. The van der Waals surface area contributed by atoms with Crippen LogP contribution in [0.25, 0.3) is 0 Å². The van der Waals surface area contributed by atoms with Crippen molar-refractivity contribution in [2.45, 2.75) is 33.3 Å². The number of rotatable bonds is 2. The summed E-state index contributed by atoms with van der Waals surface area (Å²) in [6.07, 6.45) is -0.297. The lowest BCUT2D eigenvalue weighted by atomic mass is 9.88. The van der Waals surface area contributed by atoms with Gasteiger partial charge in [-0.05, 0) is 27.7 Å². The molecule has 2 N–H and O–H groups in total. The van der Waals surface area contributed by atoms with Crippen molar-refractivity contribution in [1.29, 1.82) is 0 Å². The quantitative estimate of drug-likeness (QED) is 0.754. The molecule has 0 radical (unpaired) electrons. The number of carbonyl (C=O) groups is 1. The maximum atomic E-state index is 12.0. The van der Waals surface area contributed by atoms with Crippen LogP contribution in [0.2, 0.25) is 0 Å². The Balaban J connectivity index is 1.95. The molecule has 1 aromatic rings. The van der Waals surface area contributed by atoms with E-state index in [1.807, 2.05) is 25.7 Å². The monoisotopic (exact) mass is 327 g/mol. The van der Waals surface area contributed by atoms with Gasteiger partial charge in [-0.25, -0.2) is 9.78 Å². The Morgan fingerprint density at radius 3 is 2.32 bits per heavy atom. The van der Waals surface area contributed by atoms with Crippen molar-refractivity contribution in [3.05, 3.63) is 5.69 Å². The van der Waals surface area contributed by atoms with Gasteiger partial charge in [-0.3, -0.25) is 0 Å². The third kappa shape index (κ3) is 4.11. The van der Waals surface area contributed by atoms with E-state index in [9.17, 15) is 14.8 Å². The van der Waals surface area contributed by atoms with Crippen LogP contribution in [0.3, 0.4) is 0 Å². The fourth-order valence-electron chi connectivity index (χ4n) is 2.18. The van der Waals surface area contributed by atoms with Crippen molar-refractivity contribution < 1.29 is 19.6 Å². The van der Waals surface area contributed by atoms with Crippen molar-refractivity contribution in [1.82, 2.24) is 9.88 Å². The van der Waals surface area contributed by atoms with Gasteiger partial charge < -0.3 is 24.6 Å². The molecule has 9 heteroatoms. The van der Waals surface area contributed by atoms with Gasteiger partial charge in [0.05, 0.1) is 10.5 Å². The molecule has 1 amide bonds. The maximum absolute atomic E-state index is 12.0. The summed E-state index contributed by atoms with van der Waals surface area (Å²) in [6, 6.07) is 0. The van der Waals surface area contributed by atoms with Gasteiger partial charge in [0.1, 0.15) is 5.60 Å². The Hall–Kier alpha value is -1.32. The second kappa shape index (κ2) is 6.43. The van der Waals surface area contributed by atoms with Crippen LogP contribution in [0.5, 0.6) is 0 Å². The summed E-state index contributed by atoms with van der Waals surface area (Å²) in [7, 11) is -1.49. The third-order valence-electron chi connectivity index (χ3n) is 3.26. The van der Waals surface area contributed by atoms with Gasteiger partial charge in [0.2, 0.25) is 0 Å². The molecular formula is C13H22BN3O4S. The number of nitrogens with zero attached hydrogens (tertiary/aromatic N) is 3. The average Bonchev–Trinajstić information content (AvgIpc) is 2.79. The lowest BCUT2D eigenvalue weighted by Crippen LogP contribution is -2.50. The molecule has 0 aromatic carbocycles. The molecule has 1 aliphatic rings. The highest BCUT2D eigenvalue weighted by Gasteiger charge is 2.28. The first-order valence-electron chi connectivity index (χ1n) is 7.24. The molecule has 0 atom stereocenters. The Morgan fingerprint density at radius 2 is 1.86 bits per heavy atom. The van der Waals surface area contributed by atoms with E-state index >= 15 is 0 Å². The number of thiazole rings is 1. The molecule has 0 bridgehead atoms. The maximum Gasteiger partial charge on any atom is 0.501 e. The van der Waals surface area contributed by atoms with Crippen molar-refractivity contribution in [2.75, 3.05) is 31.1 Å². The minimum absolute atomic E-state index is 0.297. The minimum Gasteiger partial charge on any atom is -0.444 e. The molecule has 1 fully saturated rings. The molecule has 0 spiro atoms. The average molecular weight is 327 g/mol. The van der Waals surface area contributed by atoms with Gasteiger partial charge in [0, 0.05) is 26.2 Å². The number of amides is 1. The summed E-state index contributed by atoms with van der Waals surface area (Å²) in [5.41, 5.74) is 0.136. The first-order valence-corrected chi connectivity index (χ1v) is 8.05. The van der Waals surface area contributed by atoms with Crippen LogP contribution in [-0.4, -0.2) is 64.9 Å². The van der Waals surface area contributed by atoms with Crippen LogP contribution in [-0.2, 0) is 4.74 Å². The number of anilines is 1. The van der Waals surface area contributed by atoms with Gasteiger partial charge in [0.15, 0.2) is 5.13 Å². The largest absolute Gasteiger partial charge is 0.501 e. The van der Waals surface area contributed by atoms with Crippen molar-refractivity contribution in [3.63, 3.8) is 0 Å². The second-order valence-electron chi connectivity index (χ2n) is 6.27. The zero-order valence-corrected chi connectivity index (χ0v) is 14.2. The smallest absolute Gasteiger partial charge is 0.444 e. The molecular weight excluding hydrogens is 305 g/mol. The second-order valence-corrected chi connectivity index (χ2v) is 7.28. The van der Waals surface area contributed by atoms with Crippen LogP contribution in [0.4, 0.5) is 9.93 Å². The van der Waals surface area contributed by atoms with Crippen LogP contribution in [0, 0.1) is 6.92 Å². The predicted molar refractivity (Wildman–Crippen MR) is 86.7 cm³/mol. The fraction of sp³-hybridized carbons (Fsp3) is 0.692. The van der Waals surface area contributed by atoms with E-state index in [1.165, 1.54) is 11.3 Å². The molecule has 7 nitrogen and oxygen atoms in total. The zero-order valence-electron chi connectivity index (χ0n) is 13.4. The van der Waals surface area contributed by atoms with E-state index in [2.05, 4.69) is 4.98 Å². The van der Waals surface area contributed by atoms with Crippen molar-refractivity contribution in [2.24, 2.45) is 0 Å². The SMILES string of the molecule is Cc1nc(N2CCN(C(=O)OC(C)(C)C)CC2)sc1B(O)O. The highest BCUT2D eigenvalue weighted by Crippen LogP contribution is 2.21. The number of aryl methyl sites for hydroxylation is 1. The molecule has 22 heavy (non-hydrogen) atoms. The van der Waals surface area contributed by atoms with E-state index < -0.39 is 12.7 Å². The first kappa shape index (κ1) is 17.0. The van der Waals surface area contributed by atoms with E-state index in [0.29, 0.717) is 36.6 Å². The number of hydrogen-bond donors (Lipinski definition) is 2. The lowest BCUT2D eigenvalue weighted by Gasteiger charge is -2.35. The van der Waals surface area contributed by atoms with Gasteiger partial charge in [-0.1, -0.05) is 0 Å². The fourth-order valence-corrected chi connectivity index (χ4v) is 3.16. The molecule has 1 aliphatic heterocycles. The van der Waals surface area contributed by atoms with Crippen LogP contribution < -0.4 is 9.68 Å². The highest BCUT2D eigenvalue weighted by atomic mass is 32.1. The topological polar surface area (TPSA) is 86.1 Å². The molecule has 2 rings (SSSR count). The summed E-state index contributed by atoms with van der Waals surface area (Å²) >= 11 is 1.27. The number of ether oxygens (including phenoxy) is 1. The summed E-state index contributed by atoms with van der Waals surface area (Å²) in [6.45, 7) is 9.71. The Labute approximate surface area is 134 Å². The lowest BCUT2D eigenvalue weighted by molar-refractivity contribution is 0.0240. The molecule has 0 aliphatic carbocycles. The molecule has 1 aromatic heterocycles. The molecule has 1 saturated heterocycles. The van der Waals surface area contributed by atoms with Gasteiger partial charge in [0.25, 0.3) is 0 Å². The van der Waals surface area contributed by atoms with Gasteiger partial charge in [-0.2, -0.15) is 0 Å². The minimum atomic E-state index is -1.49. The summed E-state index contributed by atoms with van der Waals surface area (Å²) in [4.78, 5) is 20.1. The van der Waals surface area contributed by atoms with E-state index in [1.54, 1.807) is 11.8 Å². The van der Waals surface area contributed by atoms with Crippen molar-refractivity contribution in [3.8, 4) is 0 Å². The highest BCUT2D eigenvalue weighted by molar-refractivity contribution is 7.25. The number of aromatic nitrogens is 1. The third-order valence-corrected chi connectivity index (χ3v) is 4.52. The molecule has 122 valence electrons. The first-order chi connectivity index (χ1) is 10.2. The van der Waals surface area contributed by atoms with E-state index in [0.717, 1.165) is 5.13 Å². The molecule has 2 heterocycles. The summed E-state index contributed by atoms with van der Waals surface area (Å²) in [5, 5.41) is 19.3. The Morgan fingerprint density at radius 1 is 1.27 bits per heavy atom. The van der Waals surface area contributed by atoms with Crippen LogP contribution in [0.15, 0.2) is 0 Å². The van der Waals surface area contributed by atoms with E-state index in [-0.39, 0.29) is 6.09 Å². The zero-order chi connectivity index (χ0) is 16.5. The molecule has 0 saturated carbocycles. The normalized spacial score (nSPS) is 15.9. The summed E-state index contributed by atoms with van der Waals surface area (Å²) < 4.78 is 5.82. The van der Waals surface area contributed by atoms with Crippen molar-refractivity contribution >= 4 is 34.5 Å². The predicted octanol–water partition coefficient (Wildman–Crippen LogP) is 0.188. The molecule has 0 unspecified atom stereocenters.